The van der Waals surface area contributed by atoms with E-state index in [-0.39, 0.29) is 17.3 Å². The first-order valence-electron chi connectivity index (χ1n) is 7.90. The Kier molecular flexibility index (Phi) is 4.88. The Labute approximate surface area is 147 Å². The van der Waals surface area contributed by atoms with Crippen LogP contribution in [0.5, 0.6) is 0 Å². The van der Waals surface area contributed by atoms with Crippen molar-refractivity contribution in [3.8, 4) is 12.3 Å². The minimum Gasteiger partial charge on any atom is -0.334 e. The van der Waals surface area contributed by atoms with Crippen LogP contribution in [0.15, 0.2) is 53.4 Å². The number of hydrogen-bond donors (Lipinski definition) is 1. The number of fused-ring (bicyclic) bond motifs is 1. The number of nitrogens with zero attached hydrogens (tertiary/aromatic N) is 1. The smallest absolute Gasteiger partial charge is 0.254 e. The molecular weight excluding hydrogens is 336 g/mol. The van der Waals surface area contributed by atoms with E-state index < -0.39 is 10.0 Å². The minimum atomic E-state index is -3.65. The summed E-state index contributed by atoms with van der Waals surface area (Å²) in [5.74, 6) is 2.12. The van der Waals surface area contributed by atoms with E-state index in [2.05, 4.69) is 16.7 Å². The number of carbonyl (C=O) groups excluding carboxylic acids is 1. The van der Waals surface area contributed by atoms with Crippen molar-refractivity contribution < 1.29 is 13.2 Å². The second-order valence-electron chi connectivity index (χ2n) is 5.80. The van der Waals surface area contributed by atoms with Gasteiger partial charge in [0.25, 0.3) is 5.91 Å². The van der Waals surface area contributed by atoms with Crippen molar-refractivity contribution >= 4 is 15.9 Å². The number of carbonyl (C=O) groups is 1. The quantitative estimate of drug-likeness (QED) is 0.852. The van der Waals surface area contributed by atoms with Crippen molar-refractivity contribution in [2.45, 2.75) is 17.9 Å². The number of benzene rings is 2. The van der Waals surface area contributed by atoms with Gasteiger partial charge in [0.1, 0.15) is 0 Å². The van der Waals surface area contributed by atoms with Gasteiger partial charge in [-0.05, 0) is 41.8 Å². The molecule has 5 nitrogen and oxygen atoms in total. The topological polar surface area (TPSA) is 66.5 Å². The van der Waals surface area contributed by atoms with Crippen LogP contribution in [0.2, 0.25) is 0 Å². The summed E-state index contributed by atoms with van der Waals surface area (Å²) in [6.45, 7) is 1.15. The summed E-state index contributed by atoms with van der Waals surface area (Å²) < 4.78 is 26.3. The van der Waals surface area contributed by atoms with E-state index in [1.54, 1.807) is 4.90 Å². The number of hydrogen-bond acceptors (Lipinski definition) is 3. The van der Waals surface area contributed by atoms with E-state index in [9.17, 15) is 13.2 Å². The highest BCUT2D eigenvalue weighted by Crippen LogP contribution is 2.21. The van der Waals surface area contributed by atoms with Gasteiger partial charge < -0.3 is 4.90 Å². The van der Waals surface area contributed by atoms with Gasteiger partial charge >= 0.3 is 0 Å². The molecule has 0 aliphatic carbocycles. The van der Waals surface area contributed by atoms with E-state index >= 15 is 0 Å². The molecule has 6 heteroatoms. The fourth-order valence-corrected chi connectivity index (χ4v) is 3.78. The highest BCUT2D eigenvalue weighted by Gasteiger charge is 2.22. The Morgan fingerprint density at radius 3 is 2.48 bits per heavy atom. The van der Waals surface area contributed by atoms with E-state index in [1.165, 1.54) is 29.8 Å². The fraction of sp³-hybridized carbons (Fsp3) is 0.211. The molecule has 1 amide bonds. The molecule has 0 aromatic heterocycles. The molecule has 1 N–H and O–H groups in total. The molecule has 0 bridgehead atoms. The summed E-state index contributed by atoms with van der Waals surface area (Å²) in [4.78, 5) is 14.5. The van der Waals surface area contributed by atoms with Gasteiger partial charge in [-0.1, -0.05) is 30.2 Å². The van der Waals surface area contributed by atoms with Gasteiger partial charge in [-0.3, -0.25) is 4.79 Å². The highest BCUT2D eigenvalue weighted by atomic mass is 32.2. The van der Waals surface area contributed by atoms with Crippen LogP contribution in [0.25, 0.3) is 0 Å². The van der Waals surface area contributed by atoms with Crippen LogP contribution in [0.1, 0.15) is 21.5 Å². The van der Waals surface area contributed by atoms with Crippen molar-refractivity contribution in [3.63, 3.8) is 0 Å². The molecule has 0 atom stereocenters. The first-order valence-corrected chi connectivity index (χ1v) is 9.39. The summed E-state index contributed by atoms with van der Waals surface area (Å²) in [5, 5.41) is 0. The lowest BCUT2D eigenvalue weighted by Gasteiger charge is -2.29. The molecule has 1 heterocycles. The van der Waals surface area contributed by atoms with Crippen molar-refractivity contribution in [2.24, 2.45) is 0 Å². The van der Waals surface area contributed by atoms with E-state index in [4.69, 9.17) is 6.42 Å². The molecule has 0 fully saturated rings. The zero-order valence-electron chi connectivity index (χ0n) is 13.6. The average Bonchev–Trinajstić information content (AvgIpc) is 2.65. The molecular formula is C19H18N2O3S. The maximum absolute atomic E-state index is 12.7. The van der Waals surface area contributed by atoms with Crippen LogP contribution in [-0.2, 0) is 23.0 Å². The van der Waals surface area contributed by atoms with E-state index in [0.29, 0.717) is 18.7 Å². The van der Waals surface area contributed by atoms with Gasteiger partial charge in [0.15, 0.2) is 0 Å². The molecule has 1 aliphatic rings. The van der Waals surface area contributed by atoms with E-state index in [0.717, 1.165) is 12.0 Å². The molecule has 128 valence electrons. The van der Waals surface area contributed by atoms with E-state index in [1.807, 2.05) is 18.2 Å². The summed E-state index contributed by atoms with van der Waals surface area (Å²) in [7, 11) is -3.65. The predicted molar refractivity (Wildman–Crippen MR) is 95.4 cm³/mol. The van der Waals surface area contributed by atoms with Crippen LogP contribution < -0.4 is 4.72 Å². The summed E-state index contributed by atoms with van der Waals surface area (Å²) >= 11 is 0. The summed E-state index contributed by atoms with van der Waals surface area (Å²) in [6.07, 6.45) is 5.89. The maximum Gasteiger partial charge on any atom is 0.254 e. The second-order valence-corrected chi connectivity index (χ2v) is 7.57. The largest absolute Gasteiger partial charge is 0.334 e. The summed E-state index contributed by atoms with van der Waals surface area (Å²) in [6, 6.07) is 14.0. The third kappa shape index (κ3) is 3.73. The lowest BCUT2D eigenvalue weighted by atomic mass is 9.99. The molecule has 0 radical (unpaired) electrons. The molecule has 3 rings (SSSR count). The fourth-order valence-electron chi connectivity index (χ4n) is 2.85. The lowest BCUT2D eigenvalue weighted by Crippen LogP contribution is -2.35. The average molecular weight is 354 g/mol. The normalized spacial score (nSPS) is 13.8. The second kappa shape index (κ2) is 7.09. The number of nitrogens with one attached hydrogen (secondary N) is 1. The molecule has 2 aromatic carbocycles. The zero-order chi connectivity index (χ0) is 17.9. The molecule has 1 aliphatic heterocycles. The Morgan fingerprint density at radius 2 is 1.80 bits per heavy atom. The van der Waals surface area contributed by atoms with Gasteiger partial charge in [0, 0.05) is 18.7 Å². The van der Waals surface area contributed by atoms with Crippen molar-refractivity contribution in [2.75, 3.05) is 13.1 Å². The van der Waals surface area contributed by atoms with Crippen LogP contribution >= 0.6 is 0 Å². The van der Waals surface area contributed by atoms with Gasteiger partial charge in [-0.2, -0.15) is 4.72 Å². The SMILES string of the molecule is C#CCNS(=O)(=O)c1ccc(C(=O)N2CCc3ccccc3C2)cc1. The molecule has 0 unspecified atom stereocenters. The van der Waals surface area contributed by atoms with Gasteiger partial charge in [-0.15, -0.1) is 6.42 Å². The minimum absolute atomic E-state index is 0.0732. The van der Waals surface area contributed by atoms with Gasteiger partial charge in [0.2, 0.25) is 10.0 Å². The number of rotatable bonds is 4. The lowest BCUT2D eigenvalue weighted by molar-refractivity contribution is 0.0734. The Morgan fingerprint density at radius 1 is 1.12 bits per heavy atom. The third-order valence-electron chi connectivity index (χ3n) is 4.19. The predicted octanol–water partition coefficient (Wildman–Crippen LogP) is 1.80. The number of amides is 1. The van der Waals surface area contributed by atoms with Gasteiger partial charge in [0.05, 0.1) is 11.4 Å². The van der Waals surface area contributed by atoms with Crippen LogP contribution in [-0.4, -0.2) is 32.3 Å². The number of sulfonamides is 1. The molecule has 25 heavy (non-hydrogen) atoms. The van der Waals surface area contributed by atoms with Crippen molar-refractivity contribution in [1.29, 1.82) is 0 Å². The van der Waals surface area contributed by atoms with Crippen LogP contribution in [0, 0.1) is 12.3 Å². The Hall–Kier alpha value is -2.62. The summed E-state index contributed by atoms with van der Waals surface area (Å²) in [5.41, 5.74) is 2.89. The monoisotopic (exact) mass is 354 g/mol. The van der Waals surface area contributed by atoms with Crippen LogP contribution in [0.3, 0.4) is 0 Å². The van der Waals surface area contributed by atoms with Crippen LogP contribution in [0.4, 0.5) is 0 Å². The first-order chi connectivity index (χ1) is 12.0. The zero-order valence-corrected chi connectivity index (χ0v) is 14.4. The molecule has 2 aromatic rings. The highest BCUT2D eigenvalue weighted by molar-refractivity contribution is 7.89. The first kappa shape index (κ1) is 17.2. The third-order valence-corrected chi connectivity index (χ3v) is 5.61. The Bertz CT molecular complexity index is 928. The van der Waals surface area contributed by atoms with Gasteiger partial charge in [-0.25, -0.2) is 8.42 Å². The van der Waals surface area contributed by atoms with Crippen molar-refractivity contribution in [1.82, 2.24) is 9.62 Å². The standard InChI is InChI=1S/C19H18N2O3S/c1-2-12-20-25(23,24)18-9-7-16(8-10-18)19(22)21-13-11-15-5-3-4-6-17(15)14-21/h1,3-10,20H,11-14H2. The number of terminal acetylenes is 1. The molecule has 0 saturated heterocycles. The maximum atomic E-state index is 12.7. The Balaban J connectivity index is 1.75. The van der Waals surface area contributed by atoms with Crippen molar-refractivity contribution in [3.05, 3.63) is 65.2 Å². The molecule has 0 saturated carbocycles. The molecule has 0 spiro atoms.